The molecule has 0 bridgehead atoms. The van der Waals surface area contributed by atoms with Gasteiger partial charge in [-0.1, -0.05) is 12.1 Å². The molecule has 2 aromatic rings. The van der Waals surface area contributed by atoms with Gasteiger partial charge in [0.25, 0.3) is 0 Å². The zero-order chi connectivity index (χ0) is 13.7. The minimum absolute atomic E-state index is 0.937. The first-order chi connectivity index (χ1) is 9.17. The Balaban J connectivity index is 1.84. The standard InChI is InChI=1S/C15H21N3S/c1-13-7-8-18(16-13)10-9-17(2)12-14-5-4-6-15(11-14)19-3/h4-8,11H,9-10,12H2,1-3H3. The first kappa shape index (κ1) is 14.2. The lowest BCUT2D eigenvalue weighted by molar-refractivity contribution is 0.305. The van der Waals surface area contributed by atoms with Crippen molar-refractivity contribution in [3.05, 3.63) is 47.8 Å². The van der Waals surface area contributed by atoms with Crippen LogP contribution in [0.4, 0.5) is 0 Å². The van der Waals surface area contributed by atoms with Gasteiger partial charge in [0, 0.05) is 24.2 Å². The molecule has 3 nitrogen and oxygen atoms in total. The maximum atomic E-state index is 4.40. The highest BCUT2D eigenvalue weighted by Gasteiger charge is 2.02. The van der Waals surface area contributed by atoms with E-state index in [9.17, 15) is 0 Å². The summed E-state index contributed by atoms with van der Waals surface area (Å²) in [7, 11) is 2.15. The van der Waals surface area contributed by atoms with Crippen LogP contribution in [0, 0.1) is 6.92 Å². The van der Waals surface area contributed by atoms with E-state index < -0.39 is 0 Å². The molecule has 0 N–H and O–H groups in total. The molecule has 1 aromatic heterocycles. The highest BCUT2D eigenvalue weighted by atomic mass is 32.2. The van der Waals surface area contributed by atoms with Gasteiger partial charge in [0.05, 0.1) is 12.2 Å². The van der Waals surface area contributed by atoms with Crippen LogP contribution in [0.1, 0.15) is 11.3 Å². The molecular weight excluding hydrogens is 254 g/mol. The molecule has 1 heterocycles. The van der Waals surface area contributed by atoms with E-state index in [0.717, 1.165) is 25.3 Å². The van der Waals surface area contributed by atoms with Gasteiger partial charge in [0.15, 0.2) is 0 Å². The minimum atomic E-state index is 0.937. The predicted octanol–water partition coefficient (Wildman–Crippen LogP) is 3.05. The Bertz CT molecular complexity index is 522. The largest absolute Gasteiger partial charge is 0.300 e. The lowest BCUT2D eigenvalue weighted by Crippen LogP contribution is -2.23. The SMILES string of the molecule is CSc1cccc(CN(C)CCn2ccc(C)n2)c1. The number of benzene rings is 1. The topological polar surface area (TPSA) is 21.1 Å². The summed E-state index contributed by atoms with van der Waals surface area (Å²) in [6, 6.07) is 10.8. The Morgan fingerprint density at radius 1 is 1.32 bits per heavy atom. The second kappa shape index (κ2) is 6.78. The van der Waals surface area contributed by atoms with Crippen LogP contribution >= 0.6 is 11.8 Å². The van der Waals surface area contributed by atoms with Gasteiger partial charge >= 0.3 is 0 Å². The number of hydrogen-bond donors (Lipinski definition) is 0. The molecule has 1 aromatic carbocycles. The molecule has 102 valence electrons. The molecular formula is C15H21N3S. The Hall–Kier alpha value is -1.26. The molecule has 0 amide bonds. The predicted molar refractivity (Wildman–Crippen MR) is 81.5 cm³/mol. The molecule has 0 atom stereocenters. The molecule has 0 aliphatic rings. The first-order valence-electron chi connectivity index (χ1n) is 6.49. The third-order valence-electron chi connectivity index (χ3n) is 3.07. The summed E-state index contributed by atoms with van der Waals surface area (Å²) < 4.78 is 2.00. The highest BCUT2D eigenvalue weighted by molar-refractivity contribution is 7.98. The number of thioether (sulfide) groups is 1. The van der Waals surface area contributed by atoms with Crippen LogP contribution in [0.25, 0.3) is 0 Å². The first-order valence-corrected chi connectivity index (χ1v) is 7.71. The molecule has 0 unspecified atom stereocenters. The number of nitrogens with zero attached hydrogens (tertiary/aromatic N) is 3. The van der Waals surface area contributed by atoms with E-state index in [1.165, 1.54) is 10.5 Å². The maximum Gasteiger partial charge on any atom is 0.0593 e. The summed E-state index contributed by atoms with van der Waals surface area (Å²) >= 11 is 1.79. The van der Waals surface area contributed by atoms with E-state index in [2.05, 4.69) is 47.6 Å². The lowest BCUT2D eigenvalue weighted by atomic mass is 10.2. The van der Waals surface area contributed by atoms with Crippen molar-refractivity contribution >= 4 is 11.8 Å². The molecule has 2 rings (SSSR count). The van der Waals surface area contributed by atoms with Gasteiger partial charge in [-0.25, -0.2) is 0 Å². The van der Waals surface area contributed by atoms with E-state index >= 15 is 0 Å². The number of hydrogen-bond acceptors (Lipinski definition) is 3. The number of likely N-dealkylation sites (N-methyl/N-ethyl adjacent to an activating group) is 1. The van der Waals surface area contributed by atoms with Crippen molar-refractivity contribution in [1.82, 2.24) is 14.7 Å². The quantitative estimate of drug-likeness (QED) is 0.756. The van der Waals surface area contributed by atoms with Crippen molar-refractivity contribution in [2.45, 2.75) is 24.9 Å². The molecule has 0 spiro atoms. The van der Waals surface area contributed by atoms with E-state index in [4.69, 9.17) is 0 Å². The molecule has 0 aliphatic carbocycles. The van der Waals surface area contributed by atoms with E-state index in [1.807, 2.05) is 23.9 Å². The minimum Gasteiger partial charge on any atom is -0.300 e. The van der Waals surface area contributed by atoms with Gasteiger partial charge in [-0.3, -0.25) is 4.68 Å². The molecule has 19 heavy (non-hydrogen) atoms. The lowest BCUT2D eigenvalue weighted by Gasteiger charge is -2.17. The van der Waals surface area contributed by atoms with Crippen LogP contribution < -0.4 is 0 Å². The van der Waals surface area contributed by atoms with Crippen LogP contribution in [0.3, 0.4) is 0 Å². The van der Waals surface area contributed by atoms with Crippen molar-refractivity contribution in [3.8, 4) is 0 Å². The summed E-state index contributed by atoms with van der Waals surface area (Å²) in [5.74, 6) is 0. The zero-order valence-electron chi connectivity index (χ0n) is 11.8. The van der Waals surface area contributed by atoms with Gasteiger partial charge in [0.1, 0.15) is 0 Å². The van der Waals surface area contributed by atoms with Crippen LogP contribution in [0.15, 0.2) is 41.4 Å². The van der Waals surface area contributed by atoms with Gasteiger partial charge in [-0.05, 0) is 44.0 Å². The van der Waals surface area contributed by atoms with Crippen molar-refractivity contribution in [2.75, 3.05) is 19.8 Å². The Morgan fingerprint density at radius 3 is 2.84 bits per heavy atom. The van der Waals surface area contributed by atoms with Crippen LogP contribution in [-0.4, -0.2) is 34.5 Å². The summed E-state index contributed by atoms with van der Waals surface area (Å²) in [4.78, 5) is 3.66. The Kier molecular flexibility index (Phi) is 5.05. The summed E-state index contributed by atoms with van der Waals surface area (Å²) in [6.07, 6.45) is 4.15. The molecule has 0 saturated carbocycles. The molecule has 4 heteroatoms. The highest BCUT2D eigenvalue weighted by Crippen LogP contribution is 2.16. The molecule has 0 fully saturated rings. The van der Waals surface area contributed by atoms with Crippen LogP contribution in [0.2, 0.25) is 0 Å². The monoisotopic (exact) mass is 275 g/mol. The van der Waals surface area contributed by atoms with Crippen LogP contribution in [-0.2, 0) is 13.1 Å². The summed E-state index contributed by atoms with van der Waals surface area (Å²) in [5.41, 5.74) is 2.45. The number of rotatable bonds is 6. The number of aryl methyl sites for hydroxylation is 1. The fraction of sp³-hybridized carbons (Fsp3) is 0.400. The van der Waals surface area contributed by atoms with Crippen molar-refractivity contribution in [3.63, 3.8) is 0 Å². The molecule has 0 aliphatic heterocycles. The second-order valence-electron chi connectivity index (χ2n) is 4.81. The van der Waals surface area contributed by atoms with E-state index in [-0.39, 0.29) is 0 Å². The average Bonchev–Trinajstić information content (AvgIpc) is 2.82. The molecule has 0 radical (unpaired) electrons. The van der Waals surface area contributed by atoms with Crippen molar-refractivity contribution < 1.29 is 0 Å². The van der Waals surface area contributed by atoms with E-state index in [0.29, 0.717) is 0 Å². The second-order valence-corrected chi connectivity index (χ2v) is 5.69. The fourth-order valence-corrected chi connectivity index (χ4v) is 2.51. The third kappa shape index (κ3) is 4.40. The van der Waals surface area contributed by atoms with Crippen molar-refractivity contribution in [1.29, 1.82) is 0 Å². The average molecular weight is 275 g/mol. The van der Waals surface area contributed by atoms with Gasteiger partial charge in [-0.2, -0.15) is 5.10 Å². The van der Waals surface area contributed by atoms with Gasteiger partial charge in [-0.15, -0.1) is 11.8 Å². The molecule has 0 saturated heterocycles. The summed E-state index contributed by atoms with van der Waals surface area (Å²) in [6.45, 7) is 4.94. The maximum absolute atomic E-state index is 4.40. The van der Waals surface area contributed by atoms with Crippen molar-refractivity contribution in [2.24, 2.45) is 0 Å². The fourth-order valence-electron chi connectivity index (χ4n) is 2.02. The zero-order valence-corrected chi connectivity index (χ0v) is 12.7. The normalized spacial score (nSPS) is 11.2. The van der Waals surface area contributed by atoms with E-state index in [1.54, 1.807) is 11.8 Å². The smallest absolute Gasteiger partial charge is 0.0593 e. The Morgan fingerprint density at radius 2 is 2.16 bits per heavy atom. The number of aromatic nitrogens is 2. The van der Waals surface area contributed by atoms with Gasteiger partial charge < -0.3 is 4.90 Å². The summed E-state index contributed by atoms with van der Waals surface area (Å²) in [5, 5.41) is 4.40. The van der Waals surface area contributed by atoms with Gasteiger partial charge in [0.2, 0.25) is 0 Å². The Labute approximate surface area is 119 Å². The third-order valence-corrected chi connectivity index (χ3v) is 3.80. The van der Waals surface area contributed by atoms with Crippen LogP contribution in [0.5, 0.6) is 0 Å².